The molecular weight excluding hydrogens is 274 g/mol. The first-order valence-electron chi connectivity index (χ1n) is 5.03. The minimum absolute atomic E-state index is 0.0199. The van der Waals surface area contributed by atoms with Crippen LogP contribution >= 0.6 is 23.4 Å². The predicted molar refractivity (Wildman–Crippen MR) is 69.7 cm³/mol. The van der Waals surface area contributed by atoms with Crippen LogP contribution in [0.2, 0.25) is 5.02 Å². The van der Waals surface area contributed by atoms with E-state index in [-0.39, 0.29) is 5.69 Å². The smallest absolute Gasteiger partial charge is 0.288 e. The van der Waals surface area contributed by atoms with E-state index in [1.165, 1.54) is 24.0 Å². The van der Waals surface area contributed by atoms with E-state index < -0.39 is 4.92 Å². The van der Waals surface area contributed by atoms with E-state index >= 15 is 0 Å². The van der Waals surface area contributed by atoms with Crippen LogP contribution in [0.3, 0.4) is 0 Å². The van der Waals surface area contributed by atoms with Crippen LogP contribution in [0.25, 0.3) is 0 Å². The molecule has 1 aliphatic rings. The fourth-order valence-corrected chi connectivity index (χ4v) is 2.96. The second-order valence-corrected chi connectivity index (χ2v) is 5.13. The number of hydrogen-bond acceptors (Lipinski definition) is 5. The van der Waals surface area contributed by atoms with Crippen LogP contribution in [0, 0.1) is 10.1 Å². The molecule has 2 heterocycles. The minimum Gasteiger partial charge on any atom is -0.337 e. The summed E-state index contributed by atoms with van der Waals surface area (Å²) in [5.41, 5.74) is 0.770. The van der Waals surface area contributed by atoms with Crippen molar-refractivity contribution in [2.75, 3.05) is 5.32 Å². The molecule has 0 saturated heterocycles. The molecule has 7 heteroatoms. The maximum atomic E-state index is 10.7. The average Bonchev–Trinajstić information content (AvgIpc) is 2.36. The van der Waals surface area contributed by atoms with Crippen LogP contribution in [0.5, 0.6) is 0 Å². The number of fused-ring (bicyclic) bond motifs is 2. The van der Waals surface area contributed by atoms with E-state index in [0.29, 0.717) is 10.8 Å². The highest BCUT2D eigenvalue weighted by molar-refractivity contribution is 7.99. The Morgan fingerprint density at radius 1 is 1.39 bits per heavy atom. The summed E-state index contributed by atoms with van der Waals surface area (Å²) in [6, 6.07) is 7.03. The first kappa shape index (κ1) is 11.3. The van der Waals surface area contributed by atoms with Crippen molar-refractivity contribution in [3.63, 3.8) is 0 Å². The van der Waals surface area contributed by atoms with Crippen LogP contribution < -0.4 is 5.32 Å². The molecule has 0 radical (unpaired) electrons. The number of aromatic nitrogens is 1. The van der Waals surface area contributed by atoms with Crippen molar-refractivity contribution in [3.8, 4) is 0 Å². The normalized spacial score (nSPS) is 12.3. The van der Waals surface area contributed by atoms with Crippen molar-refractivity contribution in [3.05, 3.63) is 45.6 Å². The van der Waals surface area contributed by atoms with Crippen LogP contribution in [0.1, 0.15) is 0 Å². The second kappa shape index (κ2) is 4.15. The van der Waals surface area contributed by atoms with Gasteiger partial charge in [0.25, 0.3) is 5.69 Å². The molecule has 0 bridgehead atoms. The molecule has 5 nitrogen and oxygen atoms in total. The summed E-state index contributed by atoms with van der Waals surface area (Å²) in [5.74, 6) is 0.589. The summed E-state index contributed by atoms with van der Waals surface area (Å²) in [6.07, 6.45) is 1.23. The molecule has 0 atom stereocenters. The average molecular weight is 280 g/mol. The Morgan fingerprint density at radius 3 is 3.00 bits per heavy atom. The number of nitrogens with one attached hydrogen (secondary N) is 1. The number of anilines is 2. The fourth-order valence-electron chi connectivity index (χ4n) is 1.65. The Hall–Kier alpha value is -1.79. The fraction of sp³-hybridized carbons (Fsp3) is 0. The lowest BCUT2D eigenvalue weighted by Gasteiger charge is -2.20. The molecule has 3 rings (SSSR count). The van der Waals surface area contributed by atoms with E-state index in [4.69, 9.17) is 11.6 Å². The summed E-state index contributed by atoms with van der Waals surface area (Å²) in [6.45, 7) is 0. The van der Waals surface area contributed by atoms with Crippen molar-refractivity contribution < 1.29 is 4.92 Å². The summed E-state index contributed by atoms with van der Waals surface area (Å²) < 4.78 is 0. The van der Waals surface area contributed by atoms with E-state index in [1.54, 1.807) is 6.07 Å². The Balaban J connectivity index is 2.08. The van der Waals surface area contributed by atoms with Gasteiger partial charge in [-0.15, -0.1) is 0 Å². The Labute approximate surface area is 111 Å². The highest BCUT2D eigenvalue weighted by Gasteiger charge is 2.21. The zero-order chi connectivity index (χ0) is 12.7. The zero-order valence-electron chi connectivity index (χ0n) is 8.88. The SMILES string of the molecule is O=[N+]([O-])c1cnc2c(c1)Sc1cccc(Cl)c1N2. The summed E-state index contributed by atoms with van der Waals surface area (Å²) >= 11 is 7.49. The molecule has 1 aliphatic heterocycles. The quantitative estimate of drug-likeness (QED) is 0.541. The van der Waals surface area contributed by atoms with Crippen molar-refractivity contribution in [2.45, 2.75) is 9.79 Å². The molecule has 1 N–H and O–H groups in total. The number of pyridine rings is 1. The number of benzene rings is 1. The Kier molecular flexibility index (Phi) is 2.61. The van der Waals surface area contributed by atoms with Crippen molar-refractivity contribution in [1.29, 1.82) is 0 Å². The van der Waals surface area contributed by atoms with Gasteiger partial charge in [-0.1, -0.05) is 29.4 Å². The highest BCUT2D eigenvalue weighted by Crippen LogP contribution is 2.46. The predicted octanol–water partition coefficient (Wildman–Crippen LogP) is 3.85. The number of rotatable bonds is 1. The monoisotopic (exact) mass is 279 g/mol. The van der Waals surface area contributed by atoms with Gasteiger partial charge in [-0.25, -0.2) is 4.98 Å². The van der Waals surface area contributed by atoms with Gasteiger partial charge in [-0.3, -0.25) is 10.1 Å². The van der Waals surface area contributed by atoms with Gasteiger partial charge in [0.15, 0.2) is 0 Å². The lowest BCUT2D eigenvalue weighted by atomic mass is 10.3. The van der Waals surface area contributed by atoms with Crippen molar-refractivity contribution >= 4 is 40.6 Å². The van der Waals surface area contributed by atoms with Crippen molar-refractivity contribution in [2.24, 2.45) is 0 Å². The molecule has 0 amide bonds. The third-order valence-electron chi connectivity index (χ3n) is 2.49. The number of hydrogen-bond donors (Lipinski definition) is 1. The molecule has 2 aromatic rings. The number of para-hydroxylation sites is 1. The third-order valence-corrected chi connectivity index (χ3v) is 3.89. The maximum absolute atomic E-state index is 10.7. The van der Waals surface area contributed by atoms with E-state index in [9.17, 15) is 10.1 Å². The topological polar surface area (TPSA) is 68.1 Å². The van der Waals surface area contributed by atoms with Gasteiger partial charge in [-0.2, -0.15) is 0 Å². The van der Waals surface area contributed by atoms with Gasteiger partial charge >= 0.3 is 0 Å². The summed E-state index contributed by atoms with van der Waals surface area (Å²) in [7, 11) is 0. The summed E-state index contributed by atoms with van der Waals surface area (Å²) in [5, 5.41) is 14.4. The molecular formula is C11H6ClN3O2S. The van der Waals surface area contributed by atoms with Crippen molar-refractivity contribution in [1.82, 2.24) is 4.98 Å². The van der Waals surface area contributed by atoms with Gasteiger partial charge in [-0.05, 0) is 12.1 Å². The van der Waals surface area contributed by atoms with E-state index in [2.05, 4.69) is 10.3 Å². The highest BCUT2D eigenvalue weighted by atomic mass is 35.5. The van der Waals surface area contributed by atoms with Gasteiger partial charge in [0.05, 0.1) is 20.5 Å². The van der Waals surface area contributed by atoms with Crippen LogP contribution in [0.4, 0.5) is 17.2 Å². The zero-order valence-corrected chi connectivity index (χ0v) is 10.5. The van der Waals surface area contributed by atoms with Gasteiger partial charge in [0, 0.05) is 11.0 Å². The number of nitrogens with zero attached hydrogens (tertiary/aromatic N) is 2. The minimum atomic E-state index is -0.457. The second-order valence-electron chi connectivity index (χ2n) is 3.64. The molecule has 0 spiro atoms. The Bertz CT molecular complexity index is 663. The van der Waals surface area contributed by atoms with Crippen LogP contribution in [0.15, 0.2) is 40.3 Å². The van der Waals surface area contributed by atoms with Crippen LogP contribution in [-0.4, -0.2) is 9.91 Å². The molecule has 1 aromatic heterocycles. The molecule has 0 fully saturated rings. The van der Waals surface area contributed by atoms with Gasteiger partial charge < -0.3 is 5.32 Å². The first-order chi connectivity index (χ1) is 8.65. The van der Waals surface area contributed by atoms with Gasteiger partial charge in [0.1, 0.15) is 12.0 Å². The first-order valence-corrected chi connectivity index (χ1v) is 6.22. The Morgan fingerprint density at radius 2 is 2.22 bits per heavy atom. The molecule has 90 valence electrons. The lowest BCUT2D eigenvalue weighted by Crippen LogP contribution is -2.03. The molecule has 18 heavy (non-hydrogen) atoms. The van der Waals surface area contributed by atoms with Crippen LogP contribution in [-0.2, 0) is 0 Å². The third kappa shape index (κ3) is 1.79. The number of nitro groups is 1. The molecule has 0 unspecified atom stereocenters. The molecule has 0 aliphatic carbocycles. The number of halogens is 1. The standard InChI is InChI=1S/C11H6ClN3O2S/c12-7-2-1-3-8-10(7)14-11-9(18-8)4-6(5-13-11)15(16)17/h1-5H,(H,13,14). The lowest BCUT2D eigenvalue weighted by molar-refractivity contribution is -0.385. The van der Waals surface area contributed by atoms with E-state index in [0.717, 1.165) is 15.5 Å². The molecule has 1 aromatic carbocycles. The van der Waals surface area contributed by atoms with E-state index in [1.807, 2.05) is 12.1 Å². The maximum Gasteiger partial charge on any atom is 0.288 e. The molecule has 0 saturated carbocycles. The summed E-state index contributed by atoms with van der Waals surface area (Å²) in [4.78, 5) is 15.9. The van der Waals surface area contributed by atoms with Gasteiger partial charge in [0.2, 0.25) is 0 Å². The largest absolute Gasteiger partial charge is 0.337 e.